The van der Waals surface area contributed by atoms with Crippen molar-refractivity contribution in [3.8, 4) is 0 Å². The number of hydrogen-bond acceptors (Lipinski definition) is 3. The number of aliphatic hydroxyl groups is 1. The van der Waals surface area contributed by atoms with Gasteiger partial charge in [-0.1, -0.05) is 60.7 Å². The Labute approximate surface area is 162 Å². The van der Waals surface area contributed by atoms with E-state index >= 15 is 0 Å². The van der Waals surface area contributed by atoms with Crippen molar-refractivity contribution in [2.45, 2.75) is 25.4 Å². The number of unbranched alkanes of at least 4 members (excludes halogenated alkanes) is 1. The zero-order valence-electron chi connectivity index (χ0n) is 16.1. The van der Waals surface area contributed by atoms with Crippen LogP contribution in [0.25, 0.3) is 0 Å². The summed E-state index contributed by atoms with van der Waals surface area (Å²) >= 11 is 0. The molecule has 0 spiro atoms. The maximum atomic E-state index is 9.63. The molecular formula is C22H31N3O2. The van der Waals surface area contributed by atoms with Crippen LogP contribution in [0.3, 0.4) is 0 Å². The first-order valence-electron chi connectivity index (χ1n) is 9.55. The van der Waals surface area contributed by atoms with Gasteiger partial charge in [-0.2, -0.15) is 0 Å². The molecule has 0 aliphatic rings. The Balaban J connectivity index is 1.57. The maximum Gasteiger partial charge on any atom is 0.190 e. The zero-order valence-corrected chi connectivity index (χ0v) is 16.1. The van der Waals surface area contributed by atoms with Crippen LogP contribution in [-0.2, 0) is 11.3 Å². The van der Waals surface area contributed by atoms with Crippen LogP contribution in [-0.4, -0.2) is 44.4 Å². The number of rotatable bonds is 11. The quantitative estimate of drug-likeness (QED) is 0.324. The molecule has 0 saturated carbocycles. The van der Waals surface area contributed by atoms with Gasteiger partial charge in [-0.05, 0) is 24.0 Å². The largest absolute Gasteiger partial charge is 0.396 e. The number of guanidine groups is 1. The summed E-state index contributed by atoms with van der Waals surface area (Å²) < 4.78 is 5.69. The van der Waals surface area contributed by atoms with E-state index in [4.69, 9.17) is 4.74 Å². The Morgan fingerprint density at radius 3 is 2.37 bits per heavy atom. The Bertz CT molecular complexity index is 647. The monoisotopic (exact) mass is 369 g/mol. The molecule has 3 N–H and O–H groups in total. The lowest BCUT2D eigenvalue weighted by Gasteiger charge is -2.18. The van der Waals surface area contributed by atoms with E-state index < -0.39 is 0 Å². The molecule has 0 aliphatic carbocycles. The molecule has 0 heterocycles. The summed E-state index contributed by atoms with van der Waals surface area (Å²) in [6.45, 7) is 3.00. The van der Waals surface area contributed by atoms with Crippen molar-refractivity contribution in [2.75, 3.05) is 33.4 Å². The van der Waals surface area contributed by atoms with Crippen LogP contribution in [0.15, 0.2) is 65.7 Å². The van der Waals surface area contributed by atoms with E-state index in [0.717, 1.165) is 37.5 Å². The molecule has 0 aliphatic heterocycles. The lowest BCUT2D eigenvalue weighted by molar-refractivity contribution is 0.117. The van der Waals surface area contributed by atoms with E-state index in [2.05, 4.69) is 27.8 Å². The number of benzene rings is 2. The third-order valence-electron chi connectivity index (χ3n) is 4.35. The second-order valence-electron chi connectivity index (χ2n) is 6.42. The minimum Gasteiger partial charge on any atom is -0.396 e. The minimum absolute atomic E-state index is 0.0520. The second kappa shape index (κ2) is 12.9. The van der Waals surface area contributed by atoms with E-state index in [1.54, 1.807) is 7.05 Å². The summed E-state index contributed by atoms with van der Waals surface area (Å²) in [5.41, 5.74) is 2.33. The third-order valence-corrected chi connectivity index (χ3v) is 4.35. The number of nitrogens with zero attached hydrogens (tertiary/aromatic N) is 1. The van der Waals surface area contributed by atoms with Crippen molar-refractivity contribution in [2.24, 2.45) is 4.99 Å². The average molecular weight is 370 g/mol. The van der Waals surface area contributed by atoms with Crippen LogP contribution in [0.5, 0.6) is 0 Å². The molecule has 5 heteroatoms. The van der Waals surface area contributed by atoms with E-state index in [1.807, 2.05) is 48.5 Å². The highest BCUT2D eigenvalue weighted by Gasteiger charge is 2.10. The van der Waals surface area contributed by atoms with Crippen molar-refractivity contribution >= 4 is 5.96 Å². The Hall–Kier alpha value is -2.37. The highest BCUT2D eigenvalue weighted by Crippen LogP contribution is 2.13. The maximum absolute atomic E-state index is 9.63. The van der Waals surface area contributed by atoms with Gasteiger partial charge < -0.3 is 20.5 Å². The van der Waals surface area contributed by atoms with Gasteiger partial charge in [0.05, 0.1) is 13.2 Å². The second-order valence-corrected chi connectivity index (χ2v) is 6.42. The molecular weight excluding hydrogens is 338 g/mol. The minimum atomic E-state index is 0.0520. The number of ether oxygens (including phenoxy) is 1. The predicted molar refractivity (Wildman–Crippen MR) is 111 cm³/mol. The normalized spacial score (nSPS) is 12.6. The highest BCUT2D eigenvalue weighted by molar-refractivity contribution is 5.79. The Morgan fingerprint density at radius 1 is 1.00 bits per heavy atom. The topological polar surface area (TPSA) is 65.9 Å². The summed E-state index contributed by atoms with van der Waals surface area (Å²) in [5, 5.41) is 16.2. The fourth-order valence-corrected chi connectivity index (χ4v) is 2.75. The molecule has 2 aromatic carbocycles. The molecule has 0 aromatic heterocycles. The molecule has 2 rings (SSSR count). The van der Waals surface area contributed by atoms with E-state index in [-0.39, 0.29) is 12.5 Å². The van der Waals surface area contributed by atoms with Gasteiger partial charge in [0.2, 0.25) is 0 Å². The van der Waals surface area contributed by atoms with E-state index in [9.17, 15) is 5.11 Å². The lowest BCUT2D eigenvalue weighted by atomic mass is 10.0. The van der Waals surface area contributed by atoms with E-state index in [1.165, 1.54) is 5.56 Å². The molecule has 0 radical (unpaired) electrons. The van der Waals surface area contributed by atoms with E-state index in [0.29, 0.717) is 13.2 Å². The van der Waals surface area contributed by atoms with Gasteiger partial charge in [-0.15, -0.1) is 0 Å². The Kier molecular flexibility index (Phi) is 10.0. The first-order valence-corrected chi connectivity index (χ1v) is 9.55. The van der Waals surface area contributed by atoms with Gasteiger partial charge in [-0.25, -0.2) is 0 Å². The molecule has 5 nitrogen and oxygen atoms in total. The molecule has 1 unspecified atom stereocenters. The third kappa shape index (κ3) is 8.24. The van der Waals surface area contributed by atoms with Gasteiger partial charge in [-0.3, -0.25) is 4.99 Å². The van der Waals surface area contributed by atoms with Crippen LogP contribution in [0.2, 0.25) is 0 Å². The smallest absolute Gasteiger partial charge is 0.190 e. The average Bonchev–Trinajstić information content (AvgIpc) is 2.73. The summed E-state index contributed by atoms with van der Waals surface area (Å²) in [6, 6.07) is 20.3. The SMILES string of the molecule is CN=C(NCCCCOCc1ccccc1)NCC(CO)c1ccccc1. The summed E-state index contributed by atoms with van der Waals surface area (Å²) in [6.07, 6.45) is 2.01. The van der Waals surface area contributed by atoms with Crippen LogP contribution < -0.4 is 10.6 Å². The molecule has 0 fully saturated rings. The van der Waals surface area contributed by atoms with Crippen LogP contribution in [0, 0.1) is 0 Å². The molecule has 0 bridgehead atoms. The van der Waals surface area contributed by atoms with Gasteiger partial charge in [0.25, 0.3) is 0 Å². The van der Waals surface area contributed by atoms with Crippen LogP contribution in [0.1, 0.15) is 29.9 Å². The lowest BCUT2D eigenvalue weighted by Crippen LogP contribution is -2.40. The van der Waals surface area contributed by atoms with Crippen molar-refractivity contribution in [3.05, 3.63) is 71.8 Å². The van der Waals surface area contributed by atoms with Crippen LogP contribution in [0.4, 0.5) is 0 Å². The van der Waals surface area contributed by atoms with Crippen LogP contribution >= 0.6 is 0 Å². The number of aliphatic hydroxyl groups excluding tert-OH is 1. The van der Waals surface area contributed by atoms with Crippen molar-refractivity contribution in [1.29, 1.82) is 0 Å². The van der Waals surface area contributed by atoms with Gasteiger partial charge in [0, 0.05) is 32.7 Å². The molecule has 0 amide bonds. The fourth-order valence-electron chi connectivity index (χ4n) is 2.75. The first kappa shape index (κ1) is 20.9. The fraction of sp³-hybridized carbons (Fsp3) is 0.409. The summed E-state index contributed by atoms with van der Waals surface area (Å²) in [7, 11) is 1.76. The number of hydrogen-bond donors (Lipinski definition) is 3. The molecule has 1 atom stereocenters. The van der Waals surface area contributed by atoms with Crippen molar-refractivity contribution < 1.29 is 9.84 Å². The molecule has 146 valence electrons. The van der Waals surface area contributed by atoms with Crippen molar-refractivity contribution in [3.63, 3.8) is 0 Å². The first-order chi connectivity index (χ1) is 13.3. The molecule has 2 aromatic rings. The Morgan fingerprint density at radius 2 is 1.70 bits per heavy atom. The number of aliphatic imine (C=N–C) groups is 1. The van der Waals surface area contributed by atoms with Gasteiger partial charge in [0.15, 0.2) is 5.96 Å². The van der Waals surface area contributed by atoms with Crippen molar-refractivity contribution in [1.82, 2.24) is 10.6 Å². The zero-order chi connectivity index (χ0) is 19.2. The highest BCUT2D eigenvalue weighted by atomic mass is 16.5. The predicted octanol–water partition coefficient (Wildman–Crippen LogP) is 2.92. The summed E-state index contributed by atoms with van der Waals surface area (Å²) in [4.78, 5) is 4.24. The molecule has 27 heavy (non-hydrogen) atoms. The van der Waals surface area contributed by atoms with Gasteiger partial charge >= 0.3 is 0 Å². The van der Waals surface area contributed by atoms with Gasteiger partial charge in [0.1, 0.15) is 0 Å². The standard InChI is InChI=1S/C22H31N3O2/c1-23-22(25-16-21(17-26)20-12-6-3-7-13-20)24-14-8-9-15-27-18-19-10-4-2-5-11-19/h2-7,10-13,21,26H,8-9,14-18H2,1H3,(H2,23,24,25). The molecule has 0 saturated heterocycles. The number of nitrogens with one attached hydrogen (secondary N) is 2. The summed E-state index contributed by atoms with van der Waals surface area (Å²) in [5.74, 6) is 0.811.